The summed E-state index contributed by atoms with van der Waals surface area (Å²) >= 11 is 1.30. The van der Waals surface area contributed by atoms with Crippen molar-refractivity contribution in [3.8, 4) is 5.69 Å². The highest BCUT2D eigenvalue weighted by Gasteiger charge is 2.27. The number of carbonyl (C=O) groups is 1. The zero-order valence-corrected chi connectivity index (χ0v) is 19.4. The summed E-state index contributed by atoms with van der Waals surface area (Å²) in [5, 5.41) is 11.9. The number of hydrogen-bond acceptors (Lipinski definition) is 5. The third-order valence-electron chi connectivity index (χ3n) is 4.78. The molecule has 0 spiro atoms. The van der Waals surface area contributed by atoms with Crippen LogP contribution >= 0.6 is 11.8 Å². The number of alkyl halides is 3. The third kappa shape index (κ3) is 7.33. The molecule has 0 saturated carbocycles. The summed E-state index contributed by atoms with van der Waals surface area (Å²) in [5.74, 6) is 0.753. The number of carbonyl (C=O) groups excluding carboxylic acids is 1. The van der Waals surface area contributed by atoms with E-state index in [-0.39, 0.29) is 18.3 Å². The van der Waals surface area contributed by atoms with Gasteiger partial charge in [-0.3, -0.25) is 9.36 Å². The first-order chi connectivity index (χ1) is 15.6. The van der Waals surface area contributed by atoms with Crippen molar-refractivity contribution >= 4 is 17.7 Å². The van der Waals surface area contributed by atoms with Gasteiger partial charge in [0.1, 0.15) is 12.4 Å². The molecule has 1 amide bonds. The molecule has 176 valence electrons. The summed E-state index contributed by atoms with van der Waals surface area (Å²) in [7, 11) is 0. The molecule has 3 rings (SSSR count). The summed E-state index contributed by atoms with van der Waals surface area (Å²) in [6.45, 7) is 4.82. The van der Waals surface area contributed by atoms with Crippen LogP contribution in [0.2, 0.25) is 0 Å². The van der Waals surface area contributed by atoms with Gasteiger partial charge in [-0.25, -0.2) is 0 Å². The van der Waals surface area contributed by atoms with Gasteiger partial charge in [-0.1, -0.05) is 48.2 Å². The van der Waals surface area contributed by atoms with Crippen LogP contribution in [0, 0.1) is 20.8 Å². The van der Waals surface area contributed by atoms with E-state index in [2.05, 4.69) is 26.3 Å². The molecule has 0 aliphatic rings. The highest BCUT2D eigenvalue weighted by atomic mass is 32.2. The van der Waals surface area contributed by atoms with Crippen LogP contribution in [-0.4, -0.2) is 39.2 Å². The van der Waals surface area contributed by atoms with E-state index in [1.54, 1.807) is 24.3 Å². The minimum atomic E-state index is -4.34. The molecule has 0 atom stereocenters. The maximum atomic E-state index is 12.4. The SMILES string of the molecule is Cc1ccc(C)c(-n2c(C)nnc2SCC(=O)NCc2ccc(COCC(F)(F)F)cc2)c1. The van der Waals surface area contributed by atoms with Crippen molar-refractivity contribution in [2.75, 3.05) is 12.4 Å². The molecule has 0 radical (unpaired) electrons. The van der Waals surface area contributed by atoms with Gasteiger partial charge in [-0.05, 0) is 49.1 Å². The second kappa shape index (κ2) is 10.8. The maximum Gasteiger partial charge on any atom is 0.411 e. The standard InChI is InChI=1S/C23H25F3N4O2S/c1-15-4-5-16(2)20(10-15)30-17(3)28-29-22(30)33-13-21(31)27-11-18-6-8-19(9-7-18)12-32-14-23(24,25)26/h4-10H,11-14H2,1-3H3,(H,27,31). The Hall–Kier alpha value is -2.85. The molecule has 0 saturated heterocycles. The van der Waals surface area contributed by atoms with Gasteiger partial charge in [0.15, 0.2) is 5.16 Å². The number of aryl methyl sites for hydroxylation is 3. The number of thioether (sulfide) groups is 1. The Morgan fingerprint density at radius 3 is 2.45 bits per heavy atom. The number of aromatic nitrogens is 3. The Balaban J connectivity index is 1.51. The Morgan fingerprint density at radius 1 is 1.06 bits per heavy atom. The van der Waals surface area contributed by atoms with Crippen LogP contribution in [-0.2, 0) is 22.7 Å². The van der Waals surface area contributed by atoms with Gasteiger partial charge in [-0.2, -0.15) is 13.2 Å². The second-order valence-corrected chi connectivity index (χ2v) is 8.59. The number of ether oxygens (including phenoxy) is 1. The minimum absolute atomic E-state index is 0.122. The van der Waals surface area contributed by atoms with Crippen LogP contribution in [0.15, 0.2) is 47.6 Å². The van der Waals surface area contributed by atoms with Crippen molar-refractivity contribution in [2.24, 2.45) is 0 Å². The highest BCUT2D eigenvalue weighted by molar-refractivity contribution is 7.99. The predicted molar refractivity (Wildman–Crippen MR) is 120 cm³/mol. The molecule has 0 fully saturated rings. The molecular weight excluding hydrogens is 453 g/mol. The Kier molecular flexibility index (Phi) is 8.15. The van der Waals surface area contributed by atoms with Crippen LogP contribution < -0.4 is 5.32 Å². The van der Waals surface area contributed by atoms with Crippen LogP contribution in [0.3, 0.4) is 0 Å². The number of rotatable bonds is 9. The lowest BCUT2D eigenvalue weighted by atomic mass is 10.1. The van der Waals surface area contributed by atoms with Gasteiger partial charge in [0.05, 0.1) is 18.0 Å². The van der Waals surface area contributed by atoms with Gasteiger partial charge in [0, 0.05) is 6.54 Å². The monoisotopic (exact) mass is 478 g/mol. The summed E-state index contributed by atoms with van der Waals surface area (Å²) in [6.07, 6.45) is -4.34. The van der Waals surface area contributed by atoms with E-state index in [0.717, 1.165) is 28.2 Å². The number of amides is 1. The van der Waals surface area contributed by atoms with Crippen molar-refractivity contribution in [2.45, 2.75) is 45.3 Å². The number of benzene rings is 2. The second-order valence-electron chi connectivity index (χ2n) is 7.65. The molecule has 1 heterocycles. The Labute approximate surface area is 194 Å². The molecular formula is C23H25F3N4O2S. The number of hydrogen-bond donors (Lipinski definition) is 1. The summed E-state index contributed by atoms with van der Waals surface area (Å²) < 4.78 is 43.0. The molecule has 3 aromatic rings. The van der Waals surface area contributed by atoms with E-state index in [0.29, 0.717) is 17.3 Å². The lowest BCUT2D eigenvalue weighted by molar-refractivity contribution is -0.176. The molecule has 33 heavy (non-hydrogen) atoms. The maximum absolute atomic E-state index is 12.4. The zero-order chi connectivity index (χ0) is 24.0. The summed E-state index contributed by atoms with van der Waals surface area (Å²) in [6, 6.07) is 13.0. The Morgan fingerprint density at radius 2 is 1.76 bits per heavy atom. The van der Waals surface area contributed by atoms with Crippen molar-refractivity contribution in [3.05, 3.63) is 70.5 Å². The average Bonchev–Trinajstić information content (AvgIpc) is 3.12. The largest absolute Gasteiger partial charge is 0.411 e. The van der Waals surface area contributed by atoms with Crippen LogP contribution in [0.25, 0.3) is 5.69 Å². The van der Waals surface area contributed by atoms with Gasteiger partial charge in [0.25, 0.3) is 0 Å². The van der Waals surface area contributed by atoms with Gasteiger partial charge >= 0.3 is 6.18 Å². The van der Waals surface area contributed by atoms with Crippen molar-refractivity contribution < 1.29 is 22.7 Å². The van der Waals surface area contributed by atoms with Crippen LogP contribution in [0.4, 0.5) is 13.2 Å². The lowest BCUT2D eigenvalue weighted by Crippen LogP contribution is -2.24. The molecule has 0 aliphatic heterocycles. The topological polar surface area (TPSA) is 69.0 Å². The fourth-order valence-corrected chi connectivity index (χ4v) is 3.91. The quantitative estimate of drug-likeness (QED) is 0.453. The van der Waals surface area contributed by atoms with Crippen molar-refractivity contribution in [1.82, 2.24) is 20.1 Å². The van der Waals surface area contributed by atoms with Gasteiger partial charge in [0.2, 0.25) is 5.91 Å². The third-order valence-corrected chi connectivity index (χ3v) is 5.71. The average molecular weight is 479 g/mol. The zero-order valence-electron chi connectivity index (χ0n) is 18.6. The van der Waals surface area contributed by atoms with E-state index < -0.39 is 12.8 Å². The first kappa shape index (κ1) is 24.8. The van der Waals surface area contributed by atoms with E-state index >= 15 is 0 Å². The normalized spacial score (nSPS) is 11.6. The summed E-state index contributed by atoms with van der Waals surface area (Å²) in [5.41, 5.74) is 4.66. The first-order valence-corrected chi connectivity index (χ1v) is 11.2. The van der Waals surface area contributed by atoms with Gasteiger partial charge in [-0.15, -0.1) is 10.2 Å². The summed E-state index contributed by atoms with van der Waals surface area (Å²) in [4.78, 5) is 12.4. The molecule has 0 unspecified atom stereocenters. The van der Waals surface area contributed by atoms with E-state index in [4.69, 9.17) is 0 Å². The highest BCUT2D eigenvalue weighted by Crippen LogP contribution is 2.24. The fourth-order valence-electron chi connectivity index (χ4n) is 3.09. The fraction of sp³-hybridized carbons (Fsp3) is 0.348. The smallest absolute Gasteiger partial charge is 0.367 e. The van der Waals surface area contributed by atoms with E-state index in [1.165, 1.54) is 11.8 Å². The van der Waals surface area contributed by atoms with Crippen molar-refractivity contribution in [1.29, 1.82) is 0 Å². The van der Waals surface area contributed by atoms with E-state index in [9.17, 15) is 18.0 Å². The molecule has 6 nitrogen and oxygen atoms in total. The van der Waals surface area contributed by atoms with Crippen LogP contribution in [0.1, 0.15) is 28.1 Å². The molecule has 0 bridgehead atoms. The molecule has 0 aliphatic carbocycles. The number of nitrogens with zero attached hydrogens (tertiary/aromatic N) is 3. The minimum Gasteiger partial charge on any atom is -0.367 e. The number of halogens is 3. The molecule has 2 aromatic carbocycles. The molecule has 1 aromatic heterocycles. The molecule has 10 heteroatoms. The van der Waals surface area contributed by atoms with Crippen LogP contribution in [0.5, 0.6) is 0 Å². The first-order valence-electron chi connectivity index (χ1n) is 10.2. The lowest BCUT2D eigenvalue weighted by Gasteiger charge is -2.12. The molecule has 1 N–H and O–H groups in total. The van der Waals surface area contributed by atoms with Gasteiger partial charge < -0.3 is 10.1 Å². The van der Waals surface area contributed by atoms with E-state index in [1.807, 2.05) is 37.5 Å². The van der Waals surface area contributed by atoms with Crippen molar-refractivity contribution in [3.63, 3.8) is 0 Å². The number of nitrogens with one attached hydrogen (secondary N) is 1. The predicted octanol–water partition coefficient (Wildman–Crippen LogP) is 4.68. The Bertz CT molecular complexity index is 1100.